The maximum Gasteiger partial charge on any atom is 0.227 e. The first-order chi connectivity index (χ1) is 13.6. The Kier molecular flexibility index (Phi) is 5.57. The molecule has 4 rings (SSSR count). The van der Waals surface area contributed by atoms with Gasteiger partial charge in [-0.1, -0.05) is 18.2 Å². The number of aromatic nitrogens is 2. The highest BCUT2D eigenvalue weighted by Crippen LogP contribution is 2.27. The number of rotatable bonds is 4. The predicted octanol–water partition coefficient (Wildman–Crippen LogP) is 2.42. The van der Waals surface area contributed by atoms with Crippen LogP contribution in [0.15, 0.2) is 30.5 Å². The highest BCUT2D eigenvalue weighted by molar-refractivity contribution is 5.79. The molecule has 0 N–H and O–H groups in total. The van der Waals surface area contributed by atoms with E-state index < -0.39 is 0 Å². The summed E-state index contributed by atoms with van der Waals surface area (Å²) in [6.07, 6.45) is 5.37. The maximum atomic E-state index is 12.9. The third kappa shape index (κ3) is 4.02. The molecule has 2 aliphatic rings. The summed E-state index contributed by atoms with van der Waals surface area (Å²) in [5.74, 6) is 2.04. The Balaban J connectivity index is 1.45. The van der Waals surface area contributed by atoms with Gasteiger partial charge in [-0.05, 0) is 26.0 Å². The zero-order valence-corrected chi connectivity index (χ0v) is 16.7. The van der Waals surface area contributed by atoms with Crippen LogP contribution in [0.3, 0.4) is 0 Å². The third-order valence-electron chi connectivity index (χ3n) is 5.82. The fourth-order valence-electron chi connectivity index (χ4n) is 4.21. The number of benzene rings is 1. The van der Waals surface area contributed by atoms with Gasteiger partial charge >= 0.3 is 0 Å². The number of carbonyl (C=O) groups excluding carboxylic acids is 1. The summed E-state index contributed by atoms with van der Waals surface area (Å²) in [5.41, 5.74) is 3.35. The first kappa shape index (κ1) is 18.9. The van der Waals surface area contributed by atoms with Gasteiger partial charge in [0.2, 0.25) is 5.91 Å². The second-order valence-corrected chi connectivity index (χ2v) is 7.86. The van der Waals surface area contributed by atoms with Gasteiger partial charge in [-0.15, -0.1) is 0 Å². The van der Waals surface area contributed by atoms with Crippen LogP contribution >= 0.6 is 0 Å². The molecular weight excluding hydrogens is 352 g/mol. The molecule has 0 saturated carbocycles. The molecule has 1 aromatic heterocycles. The molecule has 1 amide bonds. The van der Waals surface area contributed by atoms with Crippen molar-refractivity contribution in [3.05, 3.63) is 53.1 Å². The lowest BCUT2D eigenvalue weighted by atomic mass is 9.95. The molecule has 0 spiro atoms. The Morgan fingerprint density at radius 1 is 1.29 bits per heavy atom. The highest BCUT2D eigenvalue weighted by Gasteiger charge is 2.28. The average molecular weight is 380 g/mol. The number of likely N-dealkylation sites (tertiary alicyclic amines) is 1. The van der Waals surface area contributed by atoms with Gasteiger partial charge < -0.3 is 14.5 Å². The van der Waals surface area contributed by atoms with Crippen molar-refractivity contribution in [1.29, 1.82) is 0 Å². The lowest BCUT2D eigenvalue weighted by Gasteiger charge is -2.33. The summed E-state index contributed by atoms with van der Waals surface area (Å²) in [6.45, 7) is 3.47. The van der Waals surface area contributed by atoms with E-state index in [-0.39, 0.29) is 11.8 Å². The van der Waals surface area contributed by atoms with E-state index in [1.807, 2.05) is 35.4 Å². The number of fused-ring (bicyclic) bond motifs is 1. The number of carbonyl (C=O) groups is 1. The predicted molar refractivity (Wildman–Crippen MR) is 107 cm³/mol. The largest absolute Gasteiger partial charge is 0.496 e. The van der Waals surface area contributed by atoms with Crippen LogP contribution in [-0.4, -0.2) is 59.5 Å². The summed E-state index contributed by atoms with van der Waals surface area (Å²) in [5, 5.41) is 0. The van der Waals surface area contributed by atoms with Gasteiger partial charge in [-0.2, -0.15) is 0 Å². The molecule has 0 aliphatic carbocycles. The van der Waals surface area contributed by atoms with E-state index in [4.69, 9.17) is 9.72 Å². The lowest BCUT2D eigenvalue weighted by Crippen LogP contribution is -2.40. The zero-order chi connectivity index (χ0) is 19.5. The topological polar surface area (TPSA) is 58.6 Å². The quantitative estimate of drug-likeness (QED) is 0.815. The zero-order valence-electron chi connectivity index (χ0n) is 16.7. The van der Waals surface area contributed by atoms with Gasteiger partial charge in [-0.25, -0.2) is 9.97 Å². The Labute approximate surface area is 166 Å². The minimum atomic E-state index is 0.147. The minimum absolute atomic E-state index is 0.147. The van der Waals surface area contributed by atoms with Gasteiger partial charge in [0.15, 0.2) is 0 Å². The normalized spacial score (nSPS) is 19.9. The summed E-state index contributed by atoms with van der Waals surface area (Å²) in [4.78, 5) is 26.7. The second kappa shape index (κ2) is 8.27. The smallest absolute Gasteiger partial charge is 0.227 e. The van der Waals surface area contributed by atoms with E-state index in [1.165, 1.54) is 11.3 Å². The standard InChI is InChI=1S/C22H28N4O2/c1-25-11-9-19-18(14-25)13-23-22(24-19)17-7-5-10-26(15-17)21(27)12-16-6-3-4-8-20(16)28-2/h3-4,6,8,13,17H,5,7,9-12,14-15H2,1-2H3/t17-/m1/s1. The van der Waals surface area contributed by atoms with Crippen molar-refractivity contribution in [2.24, 2.45) is 0 Å². The van der Waals surface area contributed by atoms with Crippen LogP contribution < -0.4 is 4.74 Å². The van der Waals surface area contributed by atoms with Crippen molar-refractivity contribution < 1.29 is 9.53 Å². The van der Waals surface area contributed by atoms with Crippen molar-refractivity contribution in [3.8, 4) is 5.75 Å². The molecule has 0 bridgehead atoms. The molecule has 2 aromatic rings. The summed E-state index contributed by atoms with van der Waals surface area (Å²) < 4.78 is 5.39. The fraction of sp³-hybridized carbons (Fsp3) is 0.500. The van der Waals surface area contributed by atoms with Gasteiger partial charge in [-0.3, -0.25) is 4.79 Å². The molecule has 28 heavy (non-hydrogen) atoms. The molecule has 3 heterocycles. The monoisotopic (exact) mass is 380 g/mol. The molecule has 6 heteroatoms. The van der Waals surface area contributed by atoms with E-state index in [1.54, 1.807) is 7.11 Å². The van der Waals surface area contributed by atoms with E-state index in [2.05, 4.69) is 16.9 Å². The SMILES string of the molecule is COc1ccccc1CC(=O)N1CCC[C@@H](c2ncc3c(n2)CCN(C)C3)C1. The van der Waals surface area contributed by atoms with E-state index in [9.17, 15) is 4.79 Å². The van der Waals surface area contributed by atoms with Crippen LogP contribution in [0.5, 0.6) is 5.75 Å². The van der Waals surface area contributed by atoms with E-state index >= 15 is 0 Å². The van der Waals surface area contributed by atoms with Crippen molar-refractivity contribution in [1.82, 2.24) is 19.8 Å². The summed E-state index contributed by atoms with van der Waals surface area (Å²) >= 11 is 0. The second-order valence-electron chi connectivity index (χ2n) is 7.86. The molecule has 0 radical (unpaired) electrons. The number of likely N-dealkylation sites (N-methyl/N-ethyl adjacent to an activating group) is 1. The van der Waals surface area contributed by atoms with Crippen LogP contribution in [0.25, 0.3) is 0 Å². The van der Waals surface area contributed by atoms with Gasteiger partial charge in [0.05, 0.1) is 13.5 Å². The summed E-state index contributed by atoms with van der Waals surface area (Å²) in [7, 11) is 3.77. The molecule has 1 atom stereocenters. The third-order valence-corrected chi connectivity index (χ3v) is 5.82. The number of hydrogen-bond acceptors (Lipinski definition) is 5. The number of hydrogen-bond donors (Lipinski definition) is 0. The first-order valence-electron chi connectivity index (χ1n) is 10.1. The van der Waals surface area contributed by atoms with Crippen LogP contribution in [-0.2, 0) is 24.2 Å². The lowest BCUT2D eigenvalue weighted by molar-refractivity contribution is -0.131. The van der Waals surface area contributed by atoms with Crippen molar-refractivity contribution in [2.45, 2.75) is 38.1 Å². The highest BCUT2D eigenvalue weighted by atomic mass is 16.5. The van der Waals surface area contributed by atoms with E-state index in [0.29, 0.717) is 13.0 Å². The van der Waals surface area contributed by atoms with Crippen molar-refractivity contribution in [3.63, 3.8) is 0 Å². The van der Waals surface area contributed by atoms with Crippen molar-refractivity contribution in [2.75, 3.05) is 33.8 Å². The Hall–Kier alpha value is -2.47. The van der Waals surface area contributed by atoms with Crippen LogP contribution in [0.2, 0.25) is 0 Å². The molecule has 1 aromatic carbocycles. The average Bonchev–Trinajstić information content (AvgIpc) is 2.74. The number of para-hydroxylation sites is 1. The van der Waals surface area contributed by atoms with Crippen molar-refractivity contribution >= 4 is 5.91 Å². The Bertz CT molecular complexity index is 854. The Morgan fingerprint density at radius 3 is 3.00 bits per heavy atom. The molecule has 2 aliphatic heterocycles. The molecule has 148 valence electrons. The maximum absolute atomic E-state index is 12.9. The van der Waals surface area contributed by atoms with Gasteiger partial charge in [0.1, 0.15) is 11.6 Å². The van der Waals surface area contributed by atoms with Crippen LogP contribution in [0.1, 0.15) is 41.4 Å². The molecular formula is C22H28N4O2. The van der Waals surface area contributed by atoms with Gasteiger partial charge in [0.25, 0.3) is 0 Å². The van der Waals surface area contributed by atoms with E-state index in [0.717, 1.165) is 56.0 Å². The number of piperidine rings is 1. The fourth-order valence-corrected chi connectivity index (χ4v) is 4.21. The minimum Gasteiger partial charge on any atom is -0.496 e. The summed E-state index contributed by atoms with van der Waals surface area (Å²) in [6, 6.07) is 7.74. The first-order valence-corrected chi connectivity index (χ1v) is 10.1. The Morgan fingerprint density at radius 2 is 2.14 bits per heavy atom. The number of amides is 1. The number of nitrogens with zero attached hydrogens (tertiary/aromatic N) is 4. The van der Waals surface area contributed by atoms with Crippen LogP contribution in [0, 0.1) is 0 Å². The number of methoxy groups -OCH3 is 1. The number of ether oxygens (including phenoxy) is 1. The van der Waals surface area contributed by atoms with Gasteiger partial charge in [0, 0.05) is 61.5 Å². The van der Waals surface area contributed by atoms with Crippen LogP contribution in [0.4, 0.5) is 0 Å². The molecule has 1 saturated heterocycles. The molecule has 1 fully saturated rings. The molecule has 0 unspecified atom stereocenters. The molecule has 6 nitrogen and oxygen atoms in total.